The molecular weight excluding hydrogens is 246 g/mol. The topological polar surface area (TPSA) is 12.0 Å². The average Bonchev–Trinajstić information content (AvgIpc) is 2.86. The molecule has 1 aromatic rings. The van der Waals surface area contributed by atoms with Crippen LogP contribution in [0.2, 0.25) is 0 Å². The lowest BCUT2D eigenvalue weighted by atomic mass is 10.2. The van der Waals surface area contributed by atoms with Crippen LogP contribution in [0.5, 0.6) is 0 Å². The van der Waals surface area contributed by atoms with E-state index in [4.69, 9.17) is 0 Å². The van der Waals surface area contributed by atoms with E-state index >= 15 is 0 Å². The maximum atomic E-state index is 3.70. The first-order valence-corrected chi connectivity index (χ1v) is 8.59. The summed E-state index contributed by atoms with van der Waals surface area (Å²) < 4.78 is 0. The summed E-state index contributed by atoms with van der Waals surface area (Å²) in [4.78, 5) is 2.99. The lowest BCUT2D eigenvalue weighted by Gasteiger charge is -2.23. The molecule has 2 rings (SSSR count). The molecular formula is C14H23NS2. The molecule has 1 aromatic heterocycles. The molecule has 0 saturated carbocycles. The Balaban J connectivity index is 1.77. The van der Waals surface area contributed by atoms with Crippen molar-refractivity contribution in [1.82, 2.24) is 5.32 Å². The summed E-state index contributed by atoms with van der Waals surface area (Å²) in [5, 5.41) is 4.54. The molecule has 96 valence electrons. The smallest absolute Gasteiger partial charge is 0.0386 e. The molecule has 1 aliphatic heterocycles. The highest BCUT2D eigenvalue weighted by molar-refractivity contribution is 7.99. The second-order valence-corrected chi connectivity index (χ2v) is 7.38. The Morgan fingerprint density at radius 3 is 2.94 bits per heavy atom. The number of thiophene rings is 1. The van der Waals surface area contributed by atoms with Gasteiger partial charge in [0.1, 0.15) is 0 Å². The van der Waals surface area contributed by atoms with E-state index in [1.54, 1.807) is 0 Å². The number of rotatable bonds is 5. The molecule has 1 aliphatic rings. The van der Waals surface area contributed by atoms with E-state index in [2.05, 4.69) is 43.1 Å². The average molecular weight is 269 g/mol. The molecule has 0 radical (unpaired) electrons. The summed E-state index contributed by atoms with van der Waals surface area (Å²) in [6.45, 7) is 5.69. The van der Waals surface area contributed by atoms with Crippen LogP contribution in [0, 0.1) is 0 Å². The standard InChI is InChI=1S/C14H23NS2/c1-3-12-7-8-14(17-12)11(2)15-10-13-6-4-5-9-16-13/h7-8,11,13,15H,3-6,9-10H2,1-2H3. The van der Waals surface area contributed by atoms with Gasteiger partial charge < -0.3 is 5.32 Å². The summed E-state index contributed by atoms with van der Waals surface area (Å²) in [7, 11) is 0. The number of thioether (sulfide) groups is 1. The highest BCUT2D eigenvalue weighted by Gasteiger charge is 2.15. The zero-order valence-electron chi connectivity index (χ0n) is 10.9. The summed E-state index contributed by atoms with van der Waals surface area (Å²) >= 11 is 4.11. The molecule has 0 spiro atoms. The molecule has 0 amide bonds. The minimum absolute atomic E-state index is 0.517. The number of hydrogen-bond donors (Lipinski definition) is 1. The molecule has 2 heterocycles. The van der Waals surface area contributed by atoms with Gasteiger partial charge >= 0.3 is 0 Å². The van der Waals surface area contributed by atoms with Crippen molar-refractivity contribution in [2.45, 2.75) is 50.8 Å². The Bertz CT molecular complexity index is 329. The van der Waals surface area contributed by atoms with E-state index in [1.165, 1.54) is 41.3 Å². The zero-order valence-corrected chi connectivity index (χ0v) is 12.5. The highest BCUT2D eigenvalue weighted by Crippen LogP contribution is 2.27. The molecule has 1 fully saturated rings. The van der Waals surface area contributed by atoms with Crippen LogP contribution < -0.4 is 5.32 Å². The fourth-order valence-electron chi connectivity index (χ4n) is 2.19. The van der Waals surface area contributed by atoms with Crippen LogP contribution in [0.3, 0.4) is 0 Å². The van der Waals surface area contributed by atoms with Gasteiger partial charge in [0.05, 0.1) is 0 Å². The van der Waals surface area contributed by atoms with Crippen LogP contribution in [0.25, 0.3) is 0 Å². The van der Waals surface area contributed by atoms with Gasteiger partial charge in [0.15, 0.2) is 0 Å². The quantitative estimate of drug-likeness (QED) is 0.858. The molecule has 1 nitrogen and oxygen atoms in total. The van der Waals surface area contributed by atoms with Crippen molar-refractivity contribution >= 4 is 23.1 Å². The number of hydrogen-bond acceptors (Lipinski definition) is 3. The van der Waals surface area contributed by atoms with Crippen LogP contribution in [0.4, 0.5) is 0 Å². The summed E-state index contributed by atoms with van der Waals surface area (Å²) in [5.41, 5.74) is 0. The SMILES string of the molecule is CCc1ccc(C(C)NCC2CCCCS2)s1. The van der Waals surface area contributed by atoms with Gasteiger partial charge in [0.25, 0.3) is 0 Å². The molecule has 0 bridgehead atoms. The van der Waals surface area contributed by atoms with Crippen molar-refractivity contribution in [3.8, 4) is 0 Å². The van der Waals surface area contributed by atoms with Gasteiger partial charge in [-0.2, -0.15) is 11.8 Å². The van der Waals surface area contributed by atoms with Crippen LogP contribution in [-0.2, 0) is 6.42 Å². The minimum atomic E-state index is 0.517. The van der Waals surface area contributed by atoms with Gasteiger partial charge in [-0.05, 0) is 44.1 Å². The Hall–Kier alpha value is 0.01000. The van der Waals surface area contributed by atoms with Crippen LogP contribution >= 0.6 is 23.1 Å². The second kappa shape index (κ2) is 6.81. The minimum Gasteiger partial charge on any atom is -0.308 e. The Morgan fingerprint density at radius 1 is 1.41 bits per heavy atom. The molecule has 2 atom stereocenters. The van der Waals surface area contributed by atoms with E-state index in [0.717, 1.165) is 11.7 Å². The molecule has 0 aliphatic carbocycles. The third-order valence-corrected chi connectivity index (χ3v) is 6.19. The monoisotopic (exact) mass is 269 g/mol. The highest BCUT2D eigenvalue weighted by atomic mass is 32.2. The first-order chi connectivity index (χ1) is 8.29. The van der Waals surface area contributed by atoms with Crippen LogP contribution in [-0.4, -0.2) is 17.5 Å². The van der Waals surface area contributed by atoms with Crippen molar-refractivity contribution in [1.29, 1.82) is 0 Å². The van der Waals surface area contributed by atoms with E-state index in [1.807, 2.05) is 11.3 Å². The fourth-order valence-corrected chi connectivity index (χ4v) is 4.43. The number of aryl methyl sites for hydroxylation is 1. The maximum Gasteiger partial charge on any atom is 0.0386 e. The summed E-state index contributed by atoms with van der Waals surface area (Å²) in [5.74, 6) is 1.36. The largest absolute Gasteiger partial charge is 0.308 e. The van der Waals surface area contributed by atoms with Crippen molar-refractivity contribution in [2.24, 2.45) is 0 Å². The number of nitrogens with one attached hydrogen (secondary N) is 1. The van der Waals surface area contributed by atoms with E-state index in [-0.39, 0.29) is 0 Å². The lowest BCUT2D eigenvalue weighted by molar-refractivity contribution is 0.543. The molecule has 1 saturated heterocycles. The summed E-state index contributed by atoms with van der Waals surface area (Å²) in [6.07, 6.45) is 5.40. The zero-order chi connectivity index (χ0) is 12.1. The lowest BCUT2D eigenvalue weighted by Crippen LogP contribution is -2.28. The predicted octanol–water partition coefficient (Wildman–Crippen LogP) is 4.25. The van der Waals surface area contributed by atoms with Gasteiger partial charge in [-0.25, -0.2) is 0 Å². The van der Waals surface area contributed by atoms with Crippen molar-refractivity contribution in [2.75, 3.05) is 12.3 Å². The third-order valence-electron chi connectivity index (χ3n) is 3.38. The Kier molecular flexibility index (Phi) is 5.39. The van der Waals surface area contributed by atoms with Crippen LogP contribution in [0.1, 0.15) is 48.9 Å². The maximum absolute atomic E-state index is 3.70. The van der Waals surface area contributed by atoms with Gasteiger partial charge in [-0.1, -0.05) is 13.3 Å². The fraction of sp³-hybridized carbons (Fsp3) is 0.714. The van der Waals surface area contributed by atoms with Crippen LogP contribution in [0.15, 0.2) is 12.1 Å². The third kappa shape index (κ3) is 4.01. The van der Waals surface area contributed by atoms with Crippen molar-refractivity contribution in [3.63, 3.8) is 0 Å². The second-order valence-electron chi connectivity index (χ2n) is 4.78. The molecule has 0 aromatic carbocycles. The Morgan fingerprint density at radius 2 is 2.29 bits per heavy atom. The van der Waals surface area contributed by atoms with E-state index in [9.17, 15) is 0 Å². The van der Waals surface area contributed by atoms with Gasteiger partial charge in [0, 0.05) is 27.6 Å². The van der Waals surface area contributed by atoms with Gasteiger partial charge in [0.2, 0.25) is 0 Å². The molecule has 2 unspecified atom stereocenters. The first kappa shape index (κ1) is 13.4. The predicted molar refractivity (Wildman–Crippen MR) is 80.2 cm³/mol. The van der Waals surface area contributed by atoms with E-state index < -0.39 is 0 Å². The van der Waals surface area contributed by atoms with Gasteiger partial charge in [-0.3, -0.25) is 0 Å². The van der Waals surface area contributed by atoms with Crippen molar-refractivity contribution < 1.29 is 0 Å². The normalized spacial score (nSPS) is 22.6. The summed E-state index contributed by atoms with van der Waals surface area (Å²) in [6, 6.07) is 5.07. The Labute approximate surface area is 113 Å². The molecule has 3 heteroatoms. The molecule has 17 heavy (non-hydrogen) atoms. The van der Waals surface area contributed by atoms with E-state index in [0.29, 0.717) is 6.04 Å². The first-order valence-electron chi connectivity index (χ1n) is 6.73. The molecule has 1 N–H and O–H groups in total. The van der Waals surface area contributed by atoms with Gasteiger partial charge in [-0.15, -0.1) is 11.3 Å². The van der Waals surface area contributed by atoms with Crippen molar-refractivity contribution in [3.05, 3.63) is 21.9 Å².